The molecule has 0 aliphatic rings. The highest BCUT2D eigenvalue weighted by Gasteiger charge is 2.24. The van der Waals surface area contributed by atoms with E-state index in [1.807, 2.05) is 19.0 Å². The fourth-order valence-electron chi connectivity index (χ4n) is 1.72. The van der Waals surface area contributed by atoms with Crippen LogP contribution in [0.3, 0.4) is 0 Å². The molecule has 1 rings (SSSR count). The van der Waals surface area contributed by atoms with Crippen molar-refractivity contribution < 1.29 is 13.2 Å². The number of aryl methyl sites for hydroxylation is 1. The maximum absolute atomic E-state index is 11.9. The van der Waals surface area contributed by atoms with Gasteiger partial charge in [-0.3, -0.25) is 0 Å². The van der Waals surface area contributed by atoms with E-state index in [4.69, 9.17) is 0 Å². The molecule has 1 nitrogen and oxygen atoms in total. The molecule has 0 saturated heterocycles. The number of allylic oxidation sites excluding steroid dienone is 2. The molecule has 0 aliphatic heterocycles. The van der Waals surface area contributed by atoms with Gasteiger partial charge in [-0.15, -0.1) is 0 Å². The first-order chi connectivity index (χ1) is 8.88. The number of hydrogen-bond acceptors (Lipinski definition) is 1. The van der Waals surface area contributed by atoms with Crippen molar-refractivity contribution in [2.45, 2.75) is 31.9 Å². The van der Waals surface area contributed by atoms with Crippen LogP contribution in [0.4, 0.5) is 18.9 Å². The standard InChI is InChI=1S/C15H20F3N/c1-19(2)14-10-8-13(9-11-14)7-5-3-4-6-12-15(16,17)18/h4,6,8-11H,3,5,7,12H2,1-2H3/b6-4+. The van der Waals surface area contributed by atoms with Crippen LogP contribution in [0.2, 0.25) is 0 Å². The number of alkyl halides is 3. The molecule has 0 saturated carbocycles. The number of halogens is 3. The van der Waals surface area contributed by atoms with Gasteiger partial charge in [-0.1, -0.05) is 24.3 Å². The Kier molecular flexibility index (Phi) is 5.93. The largest absolute Gasteiger partial charge is 0.392 e. The van der Waals surface area contributed by atoms with Gasteiger partial charge in [-0.2, -0.15) is 13.2 Å². The summed E-state index contributed by atoms with van der Waals surface area (Å²) in [6.45, 7) is 0. The molecule has 4 heteroatoms. The van der Waals surface area contributed by atoms with Gasteiger partial charge >= 0.3 is 6.18 Å². The van der Waals surface area contributed by atoms with Crippen molar-refractivity contribution in [2.24, 2.45) is 0 Å². The van der Waals surface area contributed by atoms with E-state index in [-0.39, 0.29) is 0 Å². The molecule has 106 valence electrons. The van der Waals surface area contributed by atoms with Crippen molar-refractivity contribution in [3.63, 3.8) is 0 Å². The van der Waals surface area contributed by atoms with Crippen molar-refractivity contribution in [2.75, 3.05) is 19.0 Å². The minimum atomic E-state index is -4.08. The Morgan fingerprint density at radius 2 is 1.68 bits per heavy atom. The number of rotatable bonds is 6. The van der Waals surface area contributed by atoms with Crippen molar-refractivity contribution >= 4 is 5.69 Å². The quantitative estimate of drug-likeness (QED) is 0.540. The normalized spacial score (nSPS) is 12.1. The lowest BCUT2D eigenvalue weighted by Gasteiger charge is -2.12. The maximum atomic E-state index is 11.9. The summed E-state index contributed by atoms with van der Waals surface area (Å²) in [7, 11) is 3.97. The second-order valence-electron chi connectivity index (χ2n) is 4.74. The Morgan fingerprint density at radius 1 is 1.05 bits per heavy atom. The minimum absolute atomic E-state index is 0.686. The molecule has 0 aliphatic carbocycles. The molecule has 1 aromatic carbocycles. The minimum Gasteiger partial charge on any atom is -0.378 e. The van der Waals surface area contributed by atoms with E-state index in [9.17, 15) is 13.2 Å². The summed E-state index contributed by atoms with van der Waals surface area (Å²) < 4.78 is 35.6. The van der Waals surface area contributed by atoms with E-state index in [0.717, 1.165) is 18.5 Å². The zero-order valence-electron chi connectivity index (χ0n) is 11.4. The summed E-state index contributed by atoms with van der Waals surface area (Å²) in [5.41, 5.74) is 2.36. The van der Waals surface area contributed by atoms with Crippen LogP contribution in [0, 0.1) is 0 Å². The summed E-state index contributed by atoms with van der Waals surface area (Å²) in [5.74, 6) is 0. The van der Waals surface area contributed by atoms with E-state index in [1.165, 1.54) is 11.6 Å². The van der Waals surface area contributed by atoms with E-state index in [0.29, 0.717) is 6.42 Å². The second kappa shape index (κ2) is 7.22. The van der Waals surface area contributed by atoms with Crippen molar-refractivity contribution in [3.8, 4) is 0 Å². The average molecular weight is 271 g/mol. The van der Waals surface area contributed by atoms with E-state index >= 15 is 0 Å². The second-order valence-corrected chi connectivity index (χ2v) is 4.74. The molecule has 0 bridgehead atoms. The fraction of sp³-hybridized carbons (Fsp3) is 0.467. The molecule has 0 unspecified atom stereocenters. The monoisotopic (exact) mass is 271 g/mol. The Balaban J connectivity index is 2.26. The van der Waals surface area contributed by atoms with Crippen LogP contribution in [-0.4, -0.2) is 20.3 Å². The summed E-state index contributed by atoms with van der Waals surface area (Å²) in [6, 6.07) is 8.23. The van der Waals surface area contributed by atoms with Gasteiger partial charge in [-0.05, 0) is 37.0 Å². The molecule has 0 radical (unpaired) electrons. The van der Waals surface area contributed by atoms with Gasteiger partial charge in [0.05, 0.1) is 6.42 Å². The lowest BCUT2D eigenvalue weighted by atomic mass is 10.1. The van der Waals surface area contributed by atoms with Crippen LogP contribution in [0.25, 0.3) is 0 Å². The third kappa shape index (κ3) is 6.89. The number of hydrogen-bond donors (Lipinski definition) is 0. The van der Waals surface area contributed by atoms with Crippen LogP contribution < -0.4 is 4.90 Å². The van der Waals surface area contributed by atoms with Crippen LogP contribution >= 0.6 is 0 Å². The summed E-state index contributed by atoms with van der Waals surface area (Å²) in [4.78, 5) is 2.03. The Bertz CT molecular complexity index is 391. The zero-order chi connectivity index (χ0) is 14.3. The smallest absolute Gasteiger partial charge is 0.378 e. The lowest BCUT2D eigenvalue weighted by Crippen LogP contribution is -2.08. The molecular weight excluding hydrogens is 251 g/mol. The molecule has 0 spiro atoms. The molecule has 0 atom stereocenters. The molecule has 19 heavy (non-hydrogen) atoms. The third-order valence-corrected chi connectivity index (χ3v) is 2.80. The van der Waals surface area contributed by atoms with E-state index in [1.54, 1.807) is 6.08 Å². The summed E-state index contributed by atoms with van der Waals surface area (Å²) in [6.07, 6.45) is 0.352. The Labute approximate surface area is 112 Å². The average Bonchev–Trinajstić information content (AvgIpc) is 2.33. The first-order valence-corrected chi connectivity index (χ1v) is 6.36. The van der Waals surface area contributed by atoms with Gasteiger partial charge in [-0.25, -0.2) is 0 Å². The van der Waals surface area contributed by atoms with Crippen LogP contribution in [-0.2, 0) is 6.42 Å². The number of nitrogens with zero attached hydrogens (tertiary/aromatic N) is 1. The molecule has 0 N–H and O–H groups in total. The topological polar surface area (TPSA) is 3.24 Å². The molecular formula is C15H20F3N. The zero-order valence-corrected chi connectivity index (χ0v) is 11.4. The highest BCUT2D eigenvalue weighted by molar-refractivity contribution is 5.45. The SMILES string of the molecule is CN(C)c1ccc(CCC/C=C/CC(F)(F)F)cc1. The van der Waals surface area contributed by atoms with Crippen LogP contribution in [0.5, 0.6) is 0 Å². The first-order valence-electron chi connectivity index (χ1n) is 6.36. The summed E-state index contributed by atoms with van der Waals surface area (Å²) in [5, 5.41) is 0. The van der Waals surface area contributed by atoms with Crippen LogP contribution in [0.1, 0.15) is 24.8 Å². The van der Waals surface area contributed by atoms with Gasteiger partial charge in [0.15, 0.2) is 0 Å². The maximum Gasteiger partial charge on any atom is 0.392 e. The van der Waals surface area contributed by atoms with Crippen LogP contribution in [0.15, 0.2) is 36.4 Å². The predicted molar refractivity (Wildman–Crippen MR) is 73.5 cm³/mol. The lowest BCUT2D eigenvalue weighted by molar-refractivity contribution is -0.125. The van der Waals surface area contributed by atoms with E-state index in [2.05, 4.69) is 24.3 Å². The number of unbranched alkanes of at least 4 members (excludes halogenated alkanes) is 1. The van der Waals surface area contributed by atoms with Crippen molar-refractivity contribution in [3.05, 3.63) is 42.0 Å². The van der Waals surface area contributed by atoms with Gasteiger partial charge in [0.25, 0.3) is 0 Å². The van der Waals surface area contributed by atoms with E-state index < -0.39 is 12.6 Å². The molecule has 1 aromatic rings. The predicted octanol–water partition coefficient (Wildman–Crippen LogP) is 4.58. The molecule has 0 aromatic heterocycles. The number of anilines is 1. The molecule has 0 heterocycles. The van der Waals surface area contributed by atoms with Crippen molar-refractivity contribution in [1.82, 2.24) is 0 Å². The Hall–Kier alpha value is -1.45. The van der Waals surface area contributed by atoms with Gasteiger partial charge in [0.2, 0.25) is 0 Å². The summed E-state index contributed by atoms with van der Waals surface area (Å²) >= 11 is 0. The molecule has 0 fully saturated rings. The molecule has 0 amide bonds. The highest BCUT2D eigenvalue weighted by Crippen LogP contribution is 2.20. The van der Waals surface area contributed by atoms with Crippen molar-refractivity contribution in [1.29, 1.82) is 0 Å². The Morgan fingerprint density at radius 3 is 2.21 bits per heavy atom. The fourth-order valence-corrected chi connectivity index (χ4v) is 1.72. The third-order valence-electron chi connectivity index (χ3n) is 2.80. The van der Waals surface area contributed by atoms with Gasteiger partial charge < -0.3 is 4.90 Å². The van der Waals surface area contributed by atoms with Gasteiger partial charge in [0.1, 0.15) is 0 Å². The highest BCUT2D eigenvalue weighted by atomic mass is 19.4. The number of benzene rings is 1. The first kappa shape index (κ1) is 15.6. The van der Waals surface area contributed by atoms with Gasteiger partial charge in [0, 0.05) is 19.8 Å².